The van der Waals surface area contributed by atoms with E-state index in [1.165, 1.54) is 5.56 Å². The van der Waals surface area contributed by atoms with Gasteiger partial charge in [0.15, 0.2) is 0 Å². The molecule has 2 N–H and O–H groups in total. The van der Waals surface area contributed by atoms with E-state index in [1.807, 2.05) is 31.2 Å². The molecule has 2 rings (SSSR count). The summed E-state index contributed by atoms with van der Waals surface area (Å²) in [6.07, 6.45) is 1.45. The molecule has 0 bridgehead atoms. The average molecular weight is 192 g/mol. The van der Waals surface area contributed by atoms with Crippen molar-refractivity contribution in [2.75, 3.05) is 0 Å². The third kappa shape index (κ3) is 1.26. The number of hydrogen-bond acceptors (Lipinski definition) is 2. The third-order valence-electron chi connectivity index (χ3n) is 3.26. The Kier molecular flexibility index (Phi) is 2.33. The summed E-state index contributed by atoms with van der Waals surface area (Å²) >= 11 is 0. The van der Waals surface area contributed by atoms with E-state index in [2.05, 4.69) is 0 Å². The fraction of sp³-hybridized carbons (Fsp3) is 0.500. The summed E-state index contributed by atoms with van der Waals surface area (Å²) in [5, 5.41) is 20.2. The van der Waals surface area contributed by atoms with Crippen LogP contribution in [0.1, 0.15) is 30.9 Å². The van der Waals surface area contributed by atoms with Crippen LogP contribution in [-0.4, -0.2) is 16.3 Å². The van der Waals surface area contributed by atoms with E-state index in [0.29, 0.717) is 12.8 Å². The summed E-state index contributed by atoms with van der Waals surface area (Å²) in [6.45, 7) is 1.91. The molecule has 0 radical (unpaired) electrons. The second-order valence-electron chi connectivity index (χ2n) is 3.99. The van der Waals surface area contributed by atoms with Gasteiger partial charge in [0.2, 0.25) is 0 Å². The third-order valence-corrected chi connectivity index (χ3v) is 3.26. The lowest BCUT2D eigenvalue weighted by Gasteiger charge is -2.38. The van der Waals surface area contributed by atoms with Gasteiger partial charge in [0.25, 0.3) is 0 Å². The summed E-state index contributed by atoms with van der Waals surface area (Å²) in [7, 11) is 0. The highest BCUT2D eigenvalue weighted by Gasteiger charge is 2.39. The molecule has 1 aliphatic carbocycles. The Labute approximate surface area is 84.2 Å². The van der Waals surface area contributed by atoms with E-state index in [9.17, 15) is 10.2 Å². The van der Waals surface area contributed by atoms with Crippen molar-refractivity contribution in [3.05, 3.63) is 35.4 Å². The maximum absolute atomic E-state index is 10.4. The highest BCUT2D eigenvalue weighted by Crippen LogP contribution is 2.37. The summed E-state index contributed by atoms with van der Waals surface area (Å²) in [6, 6.07) is 7.84. The highest BCUT2D eigenvalue weighted by molar-refractivity contribution is 5.35. The molecule has 0 saturated carbocycles. The van der Waals surface area contributed by atoms with Gasteiger partial charge >= 0.3 is 0 Å². The van der Waals surface area contributed by atoms with Crippen LogP contribution in [0, 0.1) is 0 Å². The van der Waals surface area contributed by atoms with Gasteiger partial charge in [-0.05, 0) is 30.4 Å². The van der Waals surface area contributed by atoms with Crippen molar-refractivity contribution in [3.63, 3.8) is 0 Å². The SMILES string of the molecule is CC[C@@]1(O)c2ccccc2CC[C@@H]1O. The first kappa shape index (κ1) is 9.69. The van der Waals surface area contributed by atoms with E-state index >= 15 is 0 Å². The number of aliphatic hydroxyl groups excluding tert-OH is 1. The van der Waals surface area contributed by atoms with Gasteiger partial charge in [0.1, 0.15) is 5.60 Å². The van der Waals surface area contributed by atoms with Gasteiger partial charge in [-0.25, -0.2) is 0 Å². The van der Waals surface area contributed by atoms with E-state index in [-0.39, 0.29) is 0 Å². The van der Waals surface area contributed by atoms with Gasteiger partial charge in [-0.1, -0.05) is 31.2 Å². The van der Waals surface area contributed by atoms with E-state index in [4.69, 9.17) is 0 Å². The zero-order valence-electron chi connectivity index (χ0n) is 8.40. The minimum Gasteiger partial charge on any atom is -0.390 e. The van der Waals surface area contributed by atoms with Crippen LogP contribution in [0.2, 0.25) is 0 Å². The molecule has 0 fully saturated rings. The Morgan fingerprint density at radius 2 is 2.14 bits per heavy atom. The quantitative estimate of drug-likeness (QED) is 0.709. The molecule has 0 aliphatic heterocycles. The molecule has 1 aromatic carbocycles. The van der Waals surface area contributed by atoms with Gasteiger partial charge in [-0.3, -0.25) is 0 Å². The lowest BCUT2D eigenvalue weighted by Crippen LogP contribution is -2.42. The molecule has 0 amide bonds. The minimum absolute atomic E-state index is 0.561. The predicted octanol–water partition coefficient (Wildman–Crippen LogP) is 1.59. The second kappa shape index (κ2) is 3.37. The molecule has 0 saturated heterocycles. The molecule has 1 aliphatic rings. The van der Waals surface area contributed by atoms with Crippen molar-refractivity contribution >= 4 is 0 Å². The first-order chi connectivity index (χ1) is 6.68. The van der Waals surface area contributed by atoms with Gasteiger partial charge in [0, 0.05) is 0 Å². The Hall–Kier alpha value is -0.860. The van der Waals surface area contributed by atoms with E-state index < -0.39 is 11.7 Å². The smallest absolute Gasteiger partial charge is 0.115 e. The van der Waals surface area contributed by atoms with Crippen molar-refractivity contribution in [2.24, 2.45) is 0 Å². The van der Waals surface area contributed by atoms with Crippen molar-refractivity contribution in [3.8, 4) is 0 Å². The van der Waals surface area contributed by atoms with Gasteiger partial charge in [-0.2, -0.15) is 0 Å². The normalized spacial score (nSPS) is 31.2. The van der Waals surface area contributed by atoms with Crippen molar-refractivity contribution in [1.82, 2.24) is 0 Å². The van der Waals surface area contributed by atoms with Gasteiger partial charge < -0.3 is 10.2 Å². The molecule has 2 nitrogen and oxygen atoms in total. The fourth-order valence-corrected chi connectivity index (χ4v) is 2.30. The van der Waals surface area contributed by atoms with Crippen LogP contribution in [-0.2, 0) is 12.0 Å². The minimum atomic E-state index is -1.03. The first-order valence-electron chi connectivity index (χ1n) is 5.17. The fourth-order valence-electron chi connectivity index (χ4n) is 2.30. The zero-order chi connectivity index (χ0) is 10.2. The summed E-state index contributed by atoms with van der Waals surface area (Å²) in [5.74, 6) is 0. The second-order valence-corrected chi connectivity index (χ2v) is 3.99. The van der Waals surface area contributed by atoms with Crippen LogP contribution in [0.5, 0.6) is 0 Å². The summed E-state index contributed by atoms with van der Waals surface area (Å²) < 4.78 is 0. The Morgan fingerprint density at radius 1 is 1.43 bits per heavy atom. The number of aryl methyl sites for hydroxylation is 1. The Balaban J connectivity index is 2.52. The molecule has 0 unspecified atom stereocenters. The van der Waals surface area contributed by atoms with Crippen LogP contribution >= 0.6 is 0 Å². The summed E-state index contributed by atoms with van der Waals surface area (Å²) in [5.41, 5.74) is 1.04. The topological polar surface area (TPSA) is 40.5 Å². The Bertz CT molecular complexity index is 335. The molecule has 0 aromatic heterocycles. The predicted molar refractivity (Wildman–Crippen MR) is 55.0 cm³/mol. The van der Waals surface area contributed by atoms with Crippen molar-refractivity contribution in [2.45, 2.75) is 37.9 Å². The number of rotatable bonds is 1. The van der Waals surface area contributed by atoms with Crippen molar-refractivity contribution in [1.29, 1.82) is 0 Å². The average Bonchev–Trinajstić information content (AvgIpc) is 2.24. The molecule has 14 heavy (non-hydrogen) atoms. The van der Waals surface area contributed by atoms with Crippen LogP contribution in [0.15, 0.2) is 24.3 Å². The molecule has 0 heterocycles. The maximum Gasteiger partial charge on any atom is 0.115 e. The number of aliphatic hydroxyl groups is 2. The number of benzene rings is 1. The molecular weight excluding hydrogens is 176 g/mol. The Morgan fingerprint density at radius 3 is 2.86 bits per heavy atom. The molecule has 2 atom stereocenters. The molecule has 0 spiro atoms. The molecule has 76 valence electrons. The van der Waals surface area contributed by atoms with Gasteiger partial charge in [-0.15, -0.1) is 0 Å². The van der Waals surface area contributed by atoms with Gasteiger partial charge in [0.05, 0.1) is 6.10 Å². The number of fused-ring (bicyclic) bond motifs is 1. The highest BCUT2D eigenvalue weighted by atomic mass is 16.3. The van der Waals surface area contributed by atoms with E-state index in [1.54, 1.807) is 0 Å². The molecule has 2 heteroatoms. The van der Waals surface area contributed by atoms with Crippen LogP contribution in [0.25, 0.3) is 0 Å². The van der Waals surface area contributed by atoms with Crippen molar-refractivity contribution < 1.29 is 10.2 Å². The standard InChI is InChI=1S/C12H16O2/c1-2-12(14)10-6-4-3-5-9(10)7-8-11(12)13/h3-6,11,13-14H,2,7-8H2,1H3/t11-,12+/m0/s1. The monoisotopic (exact) mass is 192 g/mol. The van der Waals surface area contributed by atoms with Crippen LogP contribution < -0.4 is 0 Å². The van der Waals surface area contributed by atoms with E-state index in [0.717, 1.165) is 12.0 Å². The first-order valence-corrected chi connectivity index (χ1v) is 5.17. The van der Waals surface area contributed by atoms with Crippen LogP contribution in [0.4, 0.5) is 0 Å². The molecular formula is C12H16O2. The van der Waals surface area contributed by atoms with Crippen LogP contribution in [0.3, 0.4) is 0 Å². The lowest BCUT2D eigenvalue weighted by atomic mass is 9.75. The lowest BCUT2D eigenvalue weighted by molar-refractivity contribution is -0.0926. The molecule has 1 aromatic rings. The summed E-state index contributed by atoms with van der Waals surface area (Å²) in [4.78, 5) is 0. The number of hydrogen-bond donors (Lipinski definition) is 2. The largest absolute Gasteiger partial charge is 0.390 e. The zero-order valence-corrected chi connectivity index (χ0v) is 8.40. The maximum atomic E-state index is 10.4.